The lowest BCUT2D eigenvalue weighted by molar-refractivity contribution is -0.162. The average Bonchev–Trinajstić information content (AvgIpc) is 3.13. The standard InChI is InChI=1S/C30H40FNO6Si/c1-29(2,3)39(4,5)38-27-25(16-31)30(19-32,20-36-21-34-17-23-12-8-6-9-13-23)28(26(27)33)37-22-35-18-24-14-10-7-11-15-24/h6-16,26-28,33H,17-18,20-22H2,1-5H3/b25-16+. The summed E-state index contributed by atoms with van der Waals surface area (Å²) >= 11 is 0. The normalized spacial score (nSPS) is 24.7. The summed E-state index contributed by atoms with van der Waals surface area (Å²) in [4.78, 5) is 0. The van der Waals surface area contributed by atoms with E-state index < -0.39 is 32.0 Å². The average molecular weight is 558 g/mol. The van der Waals surface area contributed by atoms with Gasteiger partial charge in [-0.3, -0.25) is 0 Å². The minimum atomic E-state index is -2.47. The molecule has 4 unspecified atom stereocenters. The van der Waals surface area contributed by atoms with E-state index in [4.69, 9.17) is 23.4 Å². The third-order valence-electron chi connectivity index (χ3n) is 7.52. The van der Waals surface area contributed by atoms with E-state index in [1.807, 2.05) is 73.8 Å². The molecule has 1 aliphatic rings. The topological polar surface area (TPSA) is 90.2 Å². The number of benzene rings is 2. The molecular formula is C30H40FNO6Si. The zero-order valence-electron chi connectivity index (χ0n) is 23.4. The first kappa shape index (κ1) is 31.1. The van der Waals surface area contributed by atoms with Gasteiger partial charge in [-0.1, -0.05) is 81.4 Å². The van der Waals surface area contributed by atoms with Gasteiger partial charge in [-0.2, -0.15) is 5.26 Å². The molecule has 2 aromatic rings. The summed E-state index contributed by atoms with van der Waals surface area (Å²) in [5, 5.41) is 21.6. The molecule has 0 radical (unpaired) electrons. The van der Waals surface area contributed by atoms with E-state index in [0.717, 1.165) is 11.1 Å². The Balaban J connectivity index is 1.76. The molecule has 1 N–H and O–H groups in total. The monoisotopic (exact) mass is 557 g/mol. The molecule has 0 amide bonds. The van der Waals surface area contributed by atoms with E-state index in [-0.39, 0.29) is 37.4 Å². The molecule has 0 saturated heterocycles. The number of ether oxygens (including phenoxy) is 4. The van der Waals surface area contributed by atoms with Crippen LogP contribution in [-0.2, 0) is 36.6 Å². The maximum absolute atomic E-state index is 14.6. The molecule has 39 heavy (non-hydrogen) atoms. The highest BCUT2D eigenvalue weighted by atomic mass is 28.4. The predicted octanol–water partition coefficient (Wildman–Crippen LogP) is 5.87. The van der Waals surface area contributed by atoms with Crippen LogP contribution >= 0.6 is 0 Å². The second kappa shape index (κ2) is 13.8. The first-order valence-corrected chi connectivity index (χ1v) is 16.0. The molecule has 0 aliphatic heterocycles. The minimum Gasteiger partial charge on any atom is -0.407 e. The van der Waals surface area contributed by atoms with E-state index in [0.29, 0.717) is 12.9 Å². The van der Waals surface area contributed by atoms with Gasteiger partial charge in [-0.25, -0.2) is 4.39 Å². The molecule has 4 atom stereocenters. The van der Waals surface area contributed by atoms with Crippen molar-refractivity contribution >= 4 is 8.32 Å². The van der Waals surface area contributed by atoms with Gasteiger partial charge in [0.05, 0.1) is 38.3 Å². The van der Waals surface area contributed by atoms with Gasteiger partial charge >= 0.3 is 0 Å². The Bertz CT molecular complexity index is 1100. The van der Waals surface area contributed by atoms with Crippen LogP contribution in [-0.4, -0.2) is 51.9 Å². The zero-order chi connectivity index (χ0) is 28.5. The number of aliphatic hydroxyl groups is 1. The number of nitrogens with zero attached hydrogens (tertiary/aromatic N) is 1. The van der Waals surface area contributed by atoms with Crippen molar-refractivity contribution in [1.82, 2.24) is 0 Å². The quantitative estimate of drug-likeness (QED) is 0.187. The molecule has 1 aliphatic carbocycles. The highest BCUT2D eigenvalue weighted by Gasteiger charge is 2.61. The third kappa shape index (κ3) is 7.61. The van der Waals surface area contributed by atoms with Crippen LogP contribution in [0, 0.1) is 16.7 Å². The lowest BCUT2D eigenvalue weighted by atomic mass is 9.83. The summed E-state index contributed by atoms with van der Waals surface area (Å²) < 4.78 is 44.0. The number of hydrogen-bond acceptors (Lipinski definition) is 7. The van der Waals surface area contributed by atoms with Crippen molar-refractivity contribution in [2.75, 3.05) is 20.2 Å². The third-order valence-corrected chi connectivity index (χ3v) is 12.0. The summed E-state index contributed by atoms with van der Waals surface area (Å²) in [6, 6.07) is 21.3. The smallest absolute Gasteiger partial charge is 0.193 e. The predicted molar refractivity (Wildman–Crippen MR) is 148 cm³/mol. The summed E-state index contributed by atoms with van der Waals surface area (Å²) in [5.74, 6) is 0. The maximum atomic E-state index is 14.6. The molecule has 3 rings (SSSR count). The molecule has 0 bridgehead atoms. The van der Waals surface area contributed by atoms with E-state index in [9.17, 15) is 14.8 Å². The van der Waals surface area contributed by atoms with E-state index in [1.54, 1.807) is 0 Å². The van der Waals surface area contributed by atoms with Crippen molar-refractivity contribution in [2.45, 2.75) is 70.4 Å². The Hall–Kier alpha value is -2.42. The number of nitriles is 1. The van der Waals surface area contributed by atoms with Gasteiger partial charge in [-0.05, 0) is 29.3 Å². The summed E-state index contributed by atoms with van der Waals surface area (Å²) in [5.41, 5.74) is 0.268. The molecule has 9 heteroatoms. The Morgan fingerprint density at radius 2 is 1.49 bits per heavy atom. The van der Waals surface area contributed by atoms with Crippen molar-refractivity contribution in [3.63, 3.8) is 0 Å². The molecule has 0 aromatic heterocycles. The maximum Gasteiger partial charge on any atom is 0.193 e. The van der Waals surface area contributed by atoms with E-state index >= 15 is 0 Å². The van der Waals surface area contributed by atoms with Crippen molar-refractivity contribution < 1.29 is 32.9 Å². The molecule has 0 spiro atoms. The van der Waals surface area contributed by atoms with E-state index in [1.165, 1.54) is 0 Å². The molecule has 7 nitrogen and oxygen atoms in total. The lowest BCUT2D eigenvalue weighted by Gasteiger charge is -2.39. The van der Waals surface area contributed by atoms with Gasteiger partial charge in [0, 0.05) is 5.57 Å². The van der Waals surface area contributed by atoms with Crippen LogP contribution in [0.3, 0.4) is 0 Å². The molecular weight excluding hydrogens is 517 g/mol. The second-order valence-corrected chi connectivity index (χ2v) is 16.0. The Morgan fingerprint density at radius 3 is 1.97 bits per heavy atom. The SMILES string of the molecule is CC(C)(C)[Si](C)(C)OC1/C(=C\F)C(C#N)(COCOCc2ccccc2)C(OCOCc2ccccc2)C1O. The van der Waals surface area contributed by atoms with Crippen LogP contribution in [0.2, 0.25) is 18.1 Å². The first-order valence-electron chi connectivity index (χ1n) is 13.1. The van der Waals surface area contributed by atoms with Crippen LogP contribution < -0.4 is 0 Å². The summed E-state index contributed by atoms with van der Waals surface area (Å²) in [6.45, 7) is 10.2. The Kier molecular flexibility index (Phi) is 11.0. The molecule has 2 aromatic carbocycles. The molecule has 1 saturated carbocycles. The van der Waals surface area contributed by atoms with Crippen LogP contribution in [0.1, 0.15) is 31.9 Å². The van der Waals surface area contributed by atoms with Crippen LogP contribution in [0.5, 0.6) is 0 Å². The first-order chi connectivity index (χ1) is 18.6. The summed E-state index contributed by atoms with van der Waals surface area (Å²) in [6.07, 6.45) is -3.17. The van der Waals surface area contributed by atoms with Gasteiger partial charge in [-0.15, -0.1) is 0 Å². The van der Waals surface area contributed by atoms with E-state index in [2.05, 4.69) is 26.8 Å². The van der Waals surface area contributed by atoms with Gasteiger partial charge < -0.3 is 28.5 Å². The highest BCUT2D eigenvalue weighted by molar-refractivity contribution is 6.74. The van der Waals surface area contributed by atoms with Gasteiger partial charge in [0.25, 0.3) is 0 Å². The largest absolute Gasteiger partial charge is 0.407 e. The van der Waals surface area contributed by atoms with Gasteiger partial charge in [0.15, 0.2) is 8.32 Å². The van der Waals surface area contributed by atoms with Gasteiger partial charge in [0.1, 0.15) is 31.2 Å². The Morgan fingerprint density at radius 1 is 0.949 bits per heavy atom. The van der Waals surface area contributed by atoms with Crippen molar-refractivity contribution in [1.29, 1.82) is 5.26 Å². The molecule has 0 heterocycles. The van der Waals surface area contributed by atoms with Crippen LogP contribution in [0.25, 0.3) is 0 Å². The summed E-state index contributed by atoms with van der Waals surface area (Å²) in [7, 11) is -2.47. The fourth-order valence-corrected chi connectivity index (χ4v) is 5.51. The van der Waals surface area contributed by atoms with Crippen LogP contribution in [0.15, 0.2) is 72.6 Å². The number of halogens is 1. The van der Waals surface area contributed by atoms with Crippen LogP contribution in [0.4, 0.5) is 4.39 Å². The second-order valence-electron chi connectivity index (χ2n) is 11.3. The highest BCUT2D eigenvalue weighted by Crippen LogP contribution is 2.49. The van der Waals surface area contributed by atoms with Gasteiger partial charge in [0.2, 0.25) is 0 Å². The van der Waals surface area contributed by atoms with Crippen molar-refractivity contribution in [3.05, 3.63) is 83.7 Å². The molecule has 212 valence electrons. The number of hydrogen-bond donors (Lipinski definition) is 1. The Labute approximate surface area is 232 Å². The zero-order valence-corrected chi connectivity index (χ0v) is 24.4. The fourth-order valence-electron chi connectivity index (χ4n) is 4.26. The minimum absolute atomic E-state index is 0.00144. The number of rotatable bonds is 13. The van der Waals surface area contributed by atoms with Crippen molar-refractivity contribution in [3.8, 4) is 6.07 Å². The number of aliphatic hydroxyl groups excluding tert-OH is 1. The molecule has 1 fully saturated rings. The fraction of sp³-hybridized carbons (Fsp3) is 0.500. The lowest BCUT2D eigenvalue weighted by Crippen LogP contribution is -2.47. The van der Waals surface area contributed by atoms with Crippen molar-refractivity contribution in [2.24, 2.45) is 5.41 Å².